The molecule has 7 heteroatoms. The molecule has 1 aromatic heterocycles. The Bertz CT molecular complexity index is 1380. The summed E-state index contributed by atoms with van der Waals surface area (Å²) in [6.07, 6.45) is 1.78. The van der Waals surface area contributed by atoms with Gasteiger partial charge in [0.05, 0.1) is 16.6 Å². The molecular formula is C27H24FN3O3. The molecule has 0 aliphatic carbocycles. The highest BCUT2D eigenvalue weighted by Crippen LogP contribution is 2.23. The van der Waals surface area contributed by atoms with Gasteiger partial charge in [-0.1, -0.05) is 42.5 Å². The first-order chi connectivity index (χ1) is 16.6. The van der Waals surface area contributed by atoms with Gasteiger partial charge in [0.1, 0.15) is 17.7 Å². The zero-order valence-corrected chi connectivity index (χ0v) is 18.5. The summed E-state index contributed by atoms with van der Waals surface area (Å²) in [5.41, 5.74) is 1.21. The molecule has 1 amide bonds. The van der Waals surface area contributed by atoms with Crippen molar-refractivity contribution in [3.63, 3.8) is 0 Å². The third kappa shape index (κ3) is 4.55. The minimum absolute atomic E-state index is 0.0298. The molecule has 1 aliphatic rings. The number of nitrogens with one attached hydrogen (secondary N) is 1. The molecule has 0 bridgehead atoms. The van der Waals surface area contributed by atoms with Gasteiger partial charge >= 0.3 is 0 Å². The standard InChI is InChI=1S/C27H24FN3O3/c28-24-11-10-18(17-25-21-8-4-5-9-22(21)26(32)30-29-25)16-23(24)27(33)31-14-12-20(13-15-31)34-19-6-2-1-3-7-19/h1-11,16,20H,12-15,17H2,(H,30,32). The number of likely N-dealkylation sites (tertiary alicyclic amines) is 1. The molecule has 0 unspecified atom stereocenters. The summed E-state index contributed by atoms with van der Waals surface area (Å²) < 4.78 is 20.6. The molecule has 1 fully saturated rings. The van der Waals surface area contributed by atoms with Crippen molar-refractivity contribution < 1.29 is 13.9 Å². The van der Waals surface area contributed by atoms with E-state index in [0.717, 1.165) is 16.7 Å². The van der Waals surface area contributed by atoms with Crippen molar-refractivity contribution in [1.29, 1.82) is 0 Å². The van der Waals surface area contributed by atoms with Gasteiger partial charge in [0.25, 0.3) is 11.5 Å². The molecule has 0 atom stereocenters. The second-order valence-electron chi connectivity index (χ2n) is 8.46. The van der Waals surface area contributed by atoms with Crippen LogP contribution in [0.2, 0.25) is 0 Å². The lowest BCUT2D eigenvalue weighted by molar-refractivity contribution is 0.0591. The molecule has 0 spiro atoms. The van der Waals surface area contributed by atoms with Crippen LogP contribution in [0.1, 0.15) is 34.5 Å². The third-order valence-electron chi connectivity index (χ3n) is 6.18. The Morgan fingerprint density at radius 1 is 1.00 bits per heavy atom. The highest BCUT2D eigenvalue weighted by Gasteiger charge is 2.26. The van der Waals surface area contributed by atoms with Gasteiger partial charge in [-0.2, -0.15) is 5.10 Å². The van der Waals surface area contributed by atoms with Crippen molar-refractivity contribution in [3.05, 3.63) is 106 Å². The number of aromatic amines is 1. The van der Waals surface area contributed by atoms with Crippen molar-refractivity contribution in [2.24, 2.45) is 0 Å². The maximum absolute atomic E-state index is 14.6. The second-order valence-corrected chi connectivity index (χ2v) is 8.46. The Balaban J connectivity index is 1.30. The number of rotatable bonds is 5. The number of amides is 1. The number of halogens is 1. The summed E-state index contributed by atoms with van der Waals surface area (Å²) >= 11 is 0. The average molecular weight is 458 g/mol. The van der Waals surface area contributed by atoms with Crippen LogP contribution in [0.25, 0.3) is 10.8 Å². The quantitative estimate of drug-likeness (QED) is 0.484. The van der Waals surface area contributed by atoms with Gasteiger partial charge < -0.3 is 9.64 Å². The number of piperidine rings is 1. The van der Waals surface area contributed by atoms with Gasteiger partial charge in [0.15, 0.2) is 0 Å². The first-order valence-electron chi connectivity index (χ1n) is 11.3. The number of para-hydroxylation sites is 1. The largest absolute Gasteiger partial charge is 0.490 e. The van der Waals surface area contributed by atoms with Gasteiger partial charge in [0, 0.05) is 37.7 Å². The van der Waals surface area contributed by atoms with Gasteiger partial charge in [-0.25, -0.2) is 9.49 Å². The molecule has 4 aromatic rings. The van der Waals surface area contributed by atoms with E-state index in [2.05, 4.69) is 10.2 Å². The number of aromatic nitrogens is 2. The zero-order chi connectivity index (χ0) is 23.5. The molecule has 0 radical (unpaired) electrons. The van der Waals surface area contributed by atoms with Crippen LogP contribution in [-0.4, -0.2) is 40.2 Å². The topological polar surface area (TPSA) is 75.3 Å². The number of carbonyl (C=O) groups is 1. The molecule has 0 saturated carbocycles. The Morgan fingerprint density at radius 2 is 1.71 bits per heavy atom. The van der Waals surface area contributed by atoms with Gasteiger partial charge in [-0.05, 0) is 35.9 Å². The van der Waals surface area contributed by atoms with Crippen LogP contribution in [0.3, 0.4) is 0 Å². The van der Waals surface area contributed by atoms with E-state index in [-0.39, 0.29) is 23.1 Å². The molecule has 3 aromatic carbocycles. The smallest absolute Gasteiger partial charge is 0.272 e. The molecular weight excluding hydrogens is 433 g/mol. The number of ether oxygens (including phenoxy) is 1. The zero-order valence-electron chi connectivity index (χ0n) is 18.5. The van der Waals surface area contributed by atoms with Crippen molar-refractivity contribution in [1.82, 2.24) is 15.1 Å². The van der Waals surface area contributed by atoms with E-state index in [9.17, 15) is 14.0 Å². The molecule has 34 heavy (non-hydrogen) atoms. The van der Waals surface area contributed by atoms with E-state index in [1.54, 1.807) is 29.2 Å². The third-order valence-corrected chi connectivity index (χ3v) is 6.18. The molecule has 1 N–H and O–H groups in total. The van der Waals surface area contributed by atoms with Crippen molar-refractivity contribution in [2.75, 3.05) is 13.1 Å². The van der Waals surface area contributed by atoms with Gasteiger partial charge in [-0.15, -0.1) is 0 Å². The van der Waals surface area contributed by atoms with Crippen LogP contribution >= 0.6 is 0 Å². The van der Waals surface area contributed by atoms with Crippen LogP contribution < -0.4 is 10.3 Å². The van der Waals surface area contributed by atoms with Crippen LogP contribution in [0, 0.1) is 5.82 Å². The van der Waals surface area contributed by atoms with Crippen LogP contribution in [0.15, 0.2) is 77.6 Å². The summed E-state index contributed by atoms with van der Waals surface area (Å²) in [6.45, 7) is 1.01. The minimum Gasteiger partial charge on any atom is -0.490 e. The van der Waals surface area contributed by atoms with Gasteiger partial charge in [-0.3, -0.25) is 9.59 Å². The number of benzene rings is 3. The van der Waals surface area contributed by atoms with E-state index in [1.807, 2.05) is 42.5 Å². The van der Waals surface area contributed by atoms with Crippen molar-refractivity contribution in [3.8, 4) is 5.75 Å². The van der Waals surface area contributed by atoms with E-state index in [0.29, 0.717) is 43.4 Å². The highest BCUT2D eigenvalue weighted by molar-refractivity contribution is 5.95. The fourth-order valence-electron chi connectivity index (χ4n) is 4.38. The fourth-order valence-corrected chi connectivity index (χ4v) is 4.38. The molecule has 1 saturated heterocycles. The number of H-pyrrole nitrogens is 1. The number of hydrogen-bond donors (Lipinski definition) is 1. The summed E-state index contributed by atoms with van der Waals surface area (Å²) in [4.78, 5) is 26.9. The summed E-state index contributed by atoms with van der Waals surface area (Å²) in [7, 11) is 0. The van der Waals surface area contributed by atoms with E-state index < -0.39 is 5.82 Å². The van der Waals surface area contributed by atoms with Gasteiger partial charge in [0.2, 0.25) is 0 Å². The number of nitrogens with zero attached hydrogens (tertiary/aromatic N) is 2. The molecule has 172 valence electrons. The predicted octanol–water partition coefficient (Wildman–Crippen LogP) is 4.34. The number of carbonyl (C=O) groups excluding carboxylic acids is 1. The fraction of sp³-hybridized carbons (Fsp3) is 0.222. The summed E-state index contributed by atoms with van der Waals surface area (Å²) in [6, 6.07) is 21.4. The summed E-state index contributed by atoms with van der Waals surface area (Å²) in [5, 5.41) is 8.00. The van der Waals surface area contributed by atoms with E-state index in [4.69, 9.17) is 4.74 Å². The Labute approximate surface area is 196 Å². The van der Waals surface area contributed by atoms with E-state index in [1.165, 1.54) is 6.07 Å². The Kier molecular flexibility index (Phi) is 6.08. The lowest BCUT2D eigenvalue weighted by Crippen LogP contribution is -2.42. The average Bonchev–Trinajstić information content (AvgIpc) is 2.88. The first kappa shape index (κ1) is 21.8. The minimum atomic E-state index is -0.546. The second kappa shape index (κ2) is 9.47. The maximum Gasteiger partial charge on any atom is 0.272 e. The Hall–Kier alpha value is -4.00. The summed E-state index contributed by atoms with van der Waals surface area (Å²) in [5.74, 6) is -0.0538. The lowest BCUT2D eigenvalue weighted by Gasteiger charge is -2.32. The van der Waals surface area contributed by atoms with Crippen LogP contribution in [0.5, 0.6) is 5.75 Å². The van der Waals surface area contributed by atoms with Crippen LogP contribution in [-0.2, 0) is 6.42 Å². The molecule has 2 heterocycles. The highest BCUT2D eigenvalue weighted by atomic mass is 19.1. The van der Waals surface area contributed by atoms with Crippen LogP contribution in [0.4, 0.5) is 4.39 Å². The number of hydrogen-bond acceptors (Lipinski definition) is 4. The maximum atomic E-state index is 14.6. The van der Waals surface area contributed by atoms with Crippen molar-refractivity contribution in [2.45, 2.75) is 25.4 Å². The monoisotopic (exact) mass is 457 g/mol. The predicted molar refractivity (Wildman–Crippen MR) is 128 cm³/mol. The first-order valence-corrected chi connectivity index (χ1v) is 11.3. The Morgan fingerprint density at radius 3 is 2.47 bits per heavy atom. The van der Waals surface area contributed by atoms with E-state index >= 15 is 0 Å². The normalized spacial score (nSPS) is 14.3. The molecule has 1 aliphatic heterocycles. The number of fused-ring (bicyclic) bond motifs is 1. The SMILES string of the molecule is O=C(c1cc(Cc2n[nH]c(=O)c3ccccc23)ccc1F)N1CCC(Oc2ccccc2)CC1. The lowest BCUT2D eigenvalue weighted by atomic mass is 10.0. The molecule has 5 rings (SSSR count). The van der Waals surface area contributed by atoms with Crippen molar-refractivity contribution >= 4 is 16.7 Å². The molecule has 6 nitrogen and oxygen atoms in total.